The number of nitrogens with zero attached hydrogens (tertiary/aromatic N) is 5. The minimum atomic E-state index is -0.193. The maximum atomic E-state index is 12.5. The van der Waals surface area contributed by atoms with Crippen LogP contribution in [0, 0.1) is 5.92 Å². The predicted octanol–water partition coefficient (Wildman–Crippen LogP) is 0.833. The first-order chi connectivity index (χ1) is 11.3. The fourth-order valence-electron chi connectivity index (χ4n) is 3.19. The zero-order valence-electron chi connectivity index (χ0n) is 15.4. The van der Waals surface area contributed by atoms with Crippen molar-refractivity contribution in [3.05, 3.63) is 18.0 Å². The van der Waals surface area contributed by atoms with E-state index in [0.717, 1.165) is 18.8 Å². The van der Waals surface area contributed by atoms with Crippen molar-refractivity contribution < 1.29 is 9.59 Å². The van der Waals surface area contributed by atoms with Crippen molar-refractivity contribution in [3.8, 4) is 0 Å². The SMILES string of the molecule is CC(=O)N1CCN(Cc2ccnn2C(C)C)C[C@@H](C(=O)N(C)C)C1. The molecule has 0 saturated carbocycles. The molecule has 134 valence electrons. The van der Waals surface area contributed by atoms with Gasteiger partial charge in [-0.2, -0.15) is 5.10 Å². The van der Waals surface area contributed by atoms with Gasteiger partial charge in [-0.25, -0.2) is 0 Å². The molecule has 0 N–H and O–H groups in total. The van der Waals surface area contributed by atoms with E-state index in [1.165, 1.54) is 0 Å². The van der Waals surface area contributed by atoms with Crippen LogP contribution in [0.2, 0.25) is 0 Å². The Morgan fingerprint density at radius 1 is 1.29 bits per heavy atom. The van der Waals surface area contributed by atoms with Gasteiger partial charge in [0.05, 0.1) is 11.6 Å². The van der Waals surface area contributed by atoms with Crippen molar-refractivity contribution >= 4 is 11.8 Å². The van der Waals surface area contributed by atoms with Crippen LogP contribution in [0.3, 0.4) is 0 Å². The van der Waals surface area contributed by atoms with Gasteiger partial charge in [0.25, 0.3) is 0 Å². The molecule has 7 heteroatoms. The first-order valence-corrected chi connectivity index (χ1v) is 8.51. The quantitative estimate of drug-likeness (QED) is 0.818. The average molecular weight is 335 g/mol. The van der Waals surface area contributed by atoms with Crippen LogP contribution >= 0.6 is 0 Å². The normalized spacial score (nSPS) is 19.4. The van der Waals surface area contributed by atoms with E-state index in [0.29, 0.717) is 25.7 Å². The Balaban J connectivity index is 2.16. The van der Waals surface area contributed by atoms with Gasteiger partial charge in [0, 0.05) is 66.0 Å². The second-order valence-corrected chi connectivity index (χ2v) is 6.99. The highest BCUT2D eigenvalue weighted by Gasteiger charge is 2.30. The van der Waals surface area contributed by atoms with Gasteiger partial charge in [-0.3, -0.25) is 19.2 Å². The lowest BCUT2D eigenvalue weighted by molar-refractivity contribution is -0.135. The Morgan fingerprint density at radius 3 is 2.58 bits per heavy atom. The van der Waals surface area contributed by atoms with E-state index in [1.807, 2.05) is 16.9 Å². The van der Waals surface area contributed by atoms with E-state index < -0.39 is 0 Å². The summed E-state index contributed by atoms with van der Waals surface area (Å²) in [5, 5.41) is 4.38. The fourth-order valence-corrected chi connectivity index (χ4v) is 3.19. The maximum absolute atomic E-state index is 12.5. The molecule has 0 unspecified atom stereocenters. The van der Waals surface area contributed by atoms with Gasteiger partial charge in [0.15, 0.2) is 0 Å². The summed E-state index contributed by atoms with van der Waals surface area (Å²) in [4.78, 5) is 30.0. The Kier molecular flexibility index (Phi) is 5.99. The average Bonchev–Trinajstić information content (AvgIpc) is 2.86. The Morgan fingerprint density at radius 2 is 2.00 bits per heavy atom. The van der Waals surface area contributed by atoms with E-state index in [2.05, 4.69) is 23.8 Å². The summed E-state index contributed by atoms with van der Waals surface area (Å²) in [5.74, 6) is -0.0898. The summed E-state index contributed by atoms with van der Waals surface area (Å²) in [6, 6.07) is 2.33. The van der Waals surface area contributed by atoms with Crippen LogP contribution in [0.4, 0.5) is 0 Å². The van der Waals surface area contributed by atoms with E-state index >= 15 is 0 Å². The first kappa shape index (κ1) is 18.4. The fraction of sp³-hybridized carbons (Fsp3) is 0.706. The van der Waals surface area contributed by atoms with Crippen LogP contribution in [0.25, 0.3) is 0 Å². The monoisotopic (exact) mass is 335 g/mol. The maximum Gasteiger partial charge on any atom is 0.228 e. The molecule has 0 bridgehead atoms. The highest BCUT2D eigenvalue weighted by atomic mass is 16.2. The summed E-state index contributed by atoms with van der Waals surface area (Å²) in [7, 11) is 3.53. The molecular formula is C17H29N5O2. The van der Waals surface area contributed by atoms with Crippen LogP contribution in [0.15, 0.2) is 12.3 Å². The predicted molar refractivity (Wildman–Crippen MR) is 92.3 cm³/mol. The summed E-state index contributed by atoms with van der Waals surface area (Å²) in [6.45, 7) is 9.09. The molecule has 1 atom stereocenters. The molecule has 2 rings (SSSR count). The van der Waals surface area contributed by atoms with Crippen LogP contribution in [0.1, 0.15) is 32.5 Å². The number of rotatable bonds is 4. The lowest BCUT2D eigenvalue weighted by Crippen LogP contribution is -2.41. The van der Waals surface area contributed by atoms with Crippen LogP contribution in [-0.2, 0) is 16.1 Å². The second kappa shape index (κ2) is 7.79. The van der Waals surface area contributed by atoms with Gasteiger partial charge < -0.3 is 9.80 Å². The third kappa shape index (κ3) is 4.35. The molecule has 24 heavy (non-hydrogen) atoms. The van der Waals surface area contributed by atoms with E-state index in [4.69, 9.17) is 0 Å². The number of carbonyl (C=O) groups excluding carboxylic acids is 2. The standard InChI is InChI=1S/C17H29N5O2/c1-13(2)22-16(6-7-18-22)12-20-8-9-21(14(3)23)11-15(10-20)17(24)19(4)5/h6-7,13,15H,8-12H2,1-5H3/t15-/m1/s1. The van der Waals surface area contributed by atoms with E-state index in [-0.39, 0.29) is 17.7 Å². The molecule has 0 radical (unpaired) electrons. The molecule has 1 fully saturated rings. The van der Waals surface area contributed by atoms with Crippen molar-refractivity contribution in [2.24, 2.45) is 5.92 Å². The third-order valence-corrected chi connectivity index (χ3v) is 4.47. The van der Waals surface area contributed by atoms with E-state index in [9.17, 15) is 9.59 Å². The molecule has 0 spiro atoms. The summed E-state index contributed by atoms with van der Waals surface area (Å²) in [6.07, 6.45) is 1.82. The molecule has 2 heterocycles. The Bertz CT molecular complexity index is 581. The molecule has 1 aliphatic rings. The topological polar surface area (TPSA) is 61.7 Å². The van der Waals surface area contributed by atoms with E-state index in [1.54, 1.807) is 30.8 Å². The molecule has 1 aliphatic heterocycles. The van der Waals surface area contributed by atoms with Crippen molar-refractivity contribution in [1.82, 2.24) is 24.5 Å². The minimum absolute atomic E-state index is 0.0284. The van der Waals surface area contributed by atoms with Crippen LogP contribution in [0.5, 0.6) is 0 Å². The van der Waals surface area contributed by atoms with Crippen LogP contribution in [-0.4, -0.2) is 76.6 Å². The number of carbonyl (C=O) groups is 2. The zero-order valence-corrected chi connectivity index (χ0v) is 15.4. The van der Waals surface area contributed by atoms with Crippen molar-refractivity contribution in [2.45, 2.75) is 33.4 Å². The number of hydrogen-bond acceptors (Lipinski definition) is 4. The molecular weight excluding hydrogens is 306 g/mol. The van der Waals surface area contributed by atoms with Gasteiger partial charge in [0.1, 0.15) is 0 Å². The lowest BCUT2D eigenvalue weighted by Gasteiger charge is -2.26. The Hall–Kier alpha value is -1.89. The largest absolute Gasteiger partial charge is 0.348 e. The van der Waals surface area contributed by atoms with Gasteiger partial charge in [-0.1, -0.05) is 0 Å². The molecule has 7 nitrogen and oxygen atoms in total. The molecule has 0 aliphatic carbocycles. The van der Waals surface area contributed by atoms with Crippen molar-refractivity contribution in [1.29, 1.82) is 0 Å². The smallest absolute Gasteiger partial charge is 0.228 e. The molecule has 1 aromatic heterocycles. The summed E-state index contributed by atoms with van der Waals surface area (Å²) < 4.78 is 2.01. The van der Waals surface area contributed by atoms with Gasteiger partial charge in [-0.15, -0.1) is 0 Å². The highest BCUT2D eigenvalue weighted by Crippen LogP contribution is 2.16. The third-order valence-electron chi connectivity index (χ3n) is 4.47. The Labute approximate surface area is 144 Å². The van der Waals surface area contributed by atoms with Crippen molar-refractivity contribution in [2.75, 3.05) is 40.3 Å². The van der Waals surface area contributed by atoms with Gasteiger partial charge in [-0.05, 0) is 19.9 Å². The molecule has 0 aromatic carbocycles. The molecule has 1 saturated heterocycles. The number of amides is 2. The van der Waals surface area contributed by atoms with Crippen LogP contribution < -0.4 is 0 Å². The minimum Gasteiger partial charge on any atom is -0.348 e. The number of aromatic nitrogens is 2. The number of hydrogen-bond donors (Lipinski definition) is 0. The summed E-state index contributed by atoms with van der Waals surface area (Å²) in [5.41, 5.74) is 1.14. The van der Waals surface area contributed by atoms with Gasteiger partial charge >= 0.3 is 0 Å². The molecule has 2 amide bonds. The highest BCUT2D eigenvalue weighted by molar-refractivity contribution is 5.80. The second-order valence-electron chi connectivity index (χ2n) is 6.99. The summed E-state index contributed by atoms with van der Waals surface area (Å²) >= 11 is 0. The zero-order chi connectivity index (χ0) is 17.9. The first-order valence-electron chi connectivity index (χ1n) is 8.51. The van der Waals surface area contributed by atoms with Gasteiger partial charge in [0.2, 0.25) is 11.8 Å². The van der Waals surface area contributed by atoms with Crippen molar-refractivity contribution in [3.63, 3.8) is 0 Å². The molecule has 1 aromatic rings. The lowest BCUT2D eigenvalue weighted by atomic mass is 10.1.